The van der Waals surface area contributed by atoms with E-state index >= 15 is 0 Å². The number of carbonyl (C=O) groups is 1. The molecule has 0 aliphatic heterocycles. The van der Waals surface area contributed by atoms with Crippen LogP contribution in [0, 0.1) is 0 Å². The van der Waals surface area contributed by atoms with Gasteiger partial charge in [0.15, 0.2) is 0 Å². The van der Waals surface area contributed by atoms with Gasteiger partial charge in [0.25, 0.3) is 0 Å². The normalized spacial score (nSPS) is 14.8. The molecule has 0 unspecified atom stereocenters. The molecule has 12 heavy (non-hydrogen) atoms. The van der Waals surface area contributed by atoms with Gasteiger partial charge in [0.05, 0.1) is 5.69 Å². The van der Waals surface area contributed by atoms with Crippen LogP contribution in [0.25, 0.3) is 6.08 Å². The number of rotatable bonds is 1. The van der Waals surface area contributed by atoms with Crippen molar-refractivity contribution in [2.24, 2.45) is 0 Å². The highest BCUT2D eigenvalue weighted by molar-refractivity contribution is 5.82. The number of hydrogen-bond donors (Lipinski definition) is 0. The van der Waals surface area contributed by atoms with Crippen LogP contribution in [0.1, 0.15) is 17.7 Å². The van der Waals surface area contributed by atoms with Gasteiger partial charge in [-0.05, 0) is 24.5 Å². The topological polar surface area (TPSA) is 42.9 Å². The Balaban J connectivity index is 2.47. The van der Waals surface area contributed by atoms with Crippen molar-refractivity contribution in [2.75, 3.05) is 0 Å². The van der Waals surface area contributed by atoms with Crippen molar-refractivity contribution >= 4 is 12.4 Å². The lowest BCUT2D eigenvalue weighted by atomic mass is 9.98. The van der Waals surface area contributed by atoms with Crippen LogP contribution < -0.4 is 0 Å². The van der Waals surface area contributed by atoms with Crippen molar-refractivity contribution in [3.63, 3.8) is 0 Å². The van der Waals surface area contributed by atoms with Crippen LogP contribution in [-0.2, 0) is 11.2 Å². The minimum atomic E-state index is 0.799. The van der Waals surface area contributed by atoms with Crippen molar-refractivity contribution in [3.8, 4) is 0 Å². The van der Waals surface area contributed by atoms with Gasteiger partial charge >= 0.3 is 0 Å². The Labute approximate surface area is 70.2 Å². The predicted octanol–water partition coefficient (Wildman–Crippen LogP) is 1.01. The van der Waals surface area contributed by atoms with E-state index < -0.39 is 0 Å². The molecule has 0 amide bonds. The van der Waals surface area contributed by atoms with E-state index in [2.05, 4.69) is 9.97 Å². The molecule has 0 N–H and O–H groups in total. The Hall–Kier alpha value is -1.51. The molecule has 1 aromatic rings. The zero-order chi connectivity index (χ0) is 8.39. The van der Waals surface area contributed by atoms with E-state index in [0.717, 1.165) is 36.0 Å². The maximum Gasteiger partial charge on any atom is 0.146 e. The first-order valence-electron chi connectivity index (χ1n) is 3.85. The standard InChI is InChI=1S/C9H8N2O/c12-5-7-1-2-9-8(3-7)4-10-6-11-9/h3-6H,1-2H2. The van der Waals surface area contributed by atoms with Gasteiger partial charge in [0.1, 0.15) is 12.6 Å². The summed E-state index contributed by atoms with van der Waals surface area (Å²) in [5.41, 5.74) is 2.85. The smallest absolute Gasteiger partial charge is 0.146 e. The molecule has 0 saturated heterocycles. The summed E-state index contributed by atoms with van der Waals surface area (Å²) in [6.45, 7) is 0. The van der Waals surface area contributed by atoms with Crippen molar-refractivity contribution in [1.82, 2.24) is 9.97 Å². The number of hydrogen-bond acceptors (Lipinski definition) is 3. The van der Waals surface area contributed by atoms with Gasteiger partial charge in [-0.1, -0.05) is 0 Å². The Kier molecular flexibility index (Phi) is 1.70. The van der Waals surface area contributed by atoms with Gasteiger partial charge in [-0.15, -0.1) is 0 Å². The molecule has 2 rings (SSSR count). The molecule has 3 nitrogen and oxygen atoms in total. The van der Waals surface area contributed by atoms with Crippen LogP contribution in [0.15, 0.2) is 18.1 Å². The summed E-state index contributed by atoms with van der Waals surface area (Å²) < 4.78 is 0. The van der Waals surface area contributed by atoms with Crippen molar-refractivity contribution in [2.45, 2.75) is 12.8 Å². The highest BCUT2D eigenvalue weighted by atomic mass is 16.1. The molecule has 0 saturated carbocycles. The molecule has 0 fully saturated rings. The lowest BCUT2D eigenvalue weighted by Crippen LogP contribution is -2.02. The third kappa shape index (κ3) is 1.13. The summed E-state index contributed by atoms with van der Waals surface area (Å²) in [4.78, 5) is 18.5. The molecule has 0 radical (unpaired) electrons. The van der Waals surface area contributed by atoms with Crippen LogP contribution in [0.2, 0.25) is 0 Å². The van der Waals surface area contributed by atoms with Gasteiger partial charge in [-0.2, -0.15) is 0 Å². The van der Waals surface area contributed by atoms with Gasteiger partial charge < -0.3 is 0 Å². The minimum absolute atomic E-state index is 0.799. The Morgan fingerprint density at radius 2 is 2.33 bits per heavy atom. The second-order valence-corrected chi connectivity index (χ2v) is 2.76. The van der Waals surface area contributed by atoms with Crippen molar-refractivity contribution in [3.05, 3.63) is 29.4 Å². The molecule has 1 heterocycles. The summed E-state index contributed by atoms with van der Waals surface area (Å²) in [6.07, 6.45) is 7.68. The Morgan fingerprint density at radius 1 is 1.42 bits per heavy atom. The molecule has 0 spiro atoms. The maximum atomic E-state index is 10.5. The van der Waals surface area contributed by atoms with E-state index in [1.807, 2.05) is 6.08 Å². The van der Waals surface area contributed by atoms with E-state index in [0.29, 0.717) is 0 Å². The number of aromatic nitrogens is 2. The number of aryl methyl sites for hydroxylation is 1. The largest absolute Gasteiger partial charge is 0.298 e. The fourth-order valence-electron chi connectivity index (χ4n) is 1.32. The number of allylic oxidation sites excluding steroid dienone is 1. The molecule has 0 atom stereocenters. The highest BCUT2D eigenvalue weighted by Crippen LogP contribution is 2.19. The van der Waals surface area contributed by atoms with E-state index in [4.69, 9.17) is 0 Å². The molecular weight excluding hydrogens is 152 g/mol. The molecule has 0 aromatic carbocycles. The average molecular weight is 160 g/mol. The predicted molar refractivity (Wildman–Crippen MR) is 44.4 cm³/mol. The summed E-state index contributed by atoms with van der Waals surface area (Å²) in [7, 11) is 0. The first-order chi connectivity index (χ1) is 5.90. The number of aldehydes is 1. The van der Waals surface area contributed by atoms with Crippen molar-refractivity contribution < 1.29 is 4.79 Å². The zero-order valence-corrected chi connectivity index (χ0v) is 6.53. The molecule has 60 valence electrons. The first kappa shape index (κ1) is 7.16. The van der Waals surface area contributed by atoms with Gasteiger partial charge in [0.2, 0.25) is 0 Å². The third-order valence-corrected chi connectivity index (χ3v) is 1.97. The summed E-state index contributed by atoms with van der Waals surface area (Å²) in [5.74, 6) is 0. The van der Waals surface area contributed by atoms with E-state index in [-0.39, 0.29) is 0 Å². The van der Waals surface area contributed by atoms with Crippen LogP contribution in [0.4, 0.5) is 0 Å². The third-order valence-electron chi connectivity index (χ3n) is 1.97. The minimum Gasteiger partial charge on any atom is -0.298 e. The van der Waals surface area contributed by atoms with Crippen LogP contribution >= 0.6 is 0 Å². The fourth-order valence-corrected chi connectivity index (χ4v) is 1.32. The number of carbonyl (C=O) groups excluding carboxylic acids is 1. The lowest BCUT2D eigenvalue weighted by Gasteiger charge is -2.09. The van der Waals surface area contributed by atoms with Gasteiger partial charge in [-0.25, -0.2) is 9.97 Å². The number of fused-ring (bicyclic) bond motifs is 1. The van der Waals surface area contributed by atoms with E-state index in [9.17, 15) is 4.79 Å². The SMILES string of the molecule is O=CC1=Cc2cncnc2CC1. The highest BCUT2D eigenvalue weighted by Gasteiger charge is 2.09. The number of nitrogens with zero attached hydrogens (tertiary/aromatic N) is 2. The maximum absolute atomic E-state index is 10.5. The Morgan fingerprint density at radius 3 is 3.17 bits per heavy atom. The molecular formula is C9H8N2O. The fraction of sp³-hybridized carbons (Fsp3) is 0.222. The van der Waals surface area contributed by atoms with Crippen LogP contribution in [0.3, 0.4) is 0 Å². The monoisotopic (exact) mass is 160 g/mol. The summed E-state index contributed by atoms with van der Waals surface area (Å²) in [6, 6.07) is 0. The zero-order valence-electron chi connectivity index (χ0n) is 6.53. The summed E-state index contributed by atoms with van der Waals surface area (Å²) >= 11 is 0. The van der Waals surface area contributed by atoms with Gasteiger partial charge in [-0.3, -0.25) is 4.79 Å². The average Bonchev–Trinajstić information content (AvgIpc) is 2.17. The molecule has 1 aliphatic carbocycles. The molecule has 0 bridgehead atoms. The van der Waals surface area contributed by atoms with Crippen LogP contribution in [0.5, 0.6) is 0 Å². The lowest BCUT2D eigenvalue weighted by molar-refractivity contribution is -0.105. The first-order valence-corrected chi connectivity index (χ1v) is 3.85. The second kappa shape index (κ2) is 2.85. The van der Waals surface area contributed by atoms with Gasteiger partial charge in [0, 0.05) is 11.8 Å². The van der Waals surface area contributed by atoms with Crippen molar-refractivity contribution in [1.29, 1.82) is 0 Å². The van der Waals surface area contributed by atoms with E-state index in [1.165, 1.54) is 0 Å². The Bertz CT molecular complexity index is 344. The van der Waals surface area contributed by atoms with Crippen LogP contribution in [-0.4, -0.2) is 16.3 Å². The quantitative estimate of drug-likeness (QED) is 0.576. The molecule has 1 aliphatic rings. The summed E-state index contributed by atoms with van der Waals surface area (Å²) in [5, 5.41) is 0. The second-order valence-electron chi connectivity index (χ2n) is 2.76. The van der Waals surface area contributed by atoms with E-state index in [1.54, 1.807) is 12.5 Å². The molecule has 3 heteroatoms. The molecule has 1 aromatic heterocycles.